The normalized spacial score (nSPS) is 11.0. The van der Waals surface area contributed by atoms with Crippen LogP contribution in [0.3, 0.4) is 0 Å². The lowest BCUT2D eigenvalue weighted by Gasteiger charge is -2.14. The van der Waals surface area contributed by atoms with E-state index in [1.165, 1.54) is 24.3 Å². The first-order chi connectivity index (χ1) is 9.54. The van der Waals surface area contributed by atoms with Crippen LogP contribution in [0.15, 0.2) is 36.7 Å². The zero-order valence-corrected chi connectivity index (χ0v) is 11.7. The molecule has 0 fully saturated rings. The van der Waals surface area contributed by atoms with E-state index >= 15 is 0 Å². The molecule has 0 atom stereocenters. The second-order valence-electron chi connectivity index (χ2n) is 4.94. The van der Waals surface area contributed by atoms with Gasteiger partial charge in [-0.05, 0) is 31.3 Å². The maximum absolute atomic E-state index is 12.8. The number of halogens is 1. The van der Waals surface area contributed by atoms with Crippen molar-refractivity contribution in [2.75, 3.05) is 13.6 Å². The zero-order chi connectivity index (χ0) is 14.5. The van der Waals surface area contributed by atoms with Gasteiger partial charge in [0.05, 0.1) is 6.20 Å². The largest absolute Gasteiger partial charge is 0.302 e. The minimum Gasteiger partial charge on any atom is -0.302 e. The molecule has 2 rings (SSSR count). The van der Waals surface area contributed by atoms with Crippen LogP contribution in [0.1, 0.15) is 22.3 Å². The highest BCUT2D eigenvalue weighted by atomic mass is 19.1. The molecule has 1 aromatic heterocycles. The van der Waals surface area contributed by atoms with Crippen molar-refractivity contribution in [1.29, 1.82) is 0 Å². The molecule has 0 aliphatic heterocycles. The highest BCUT2D eigenvalue weighted by Gasteiger charge is 2.08. The summed E-state index contributed by atoms with van der Waals surface area (Å²) in [5.74, 6) is -0.293. The van der Waals surface area contributed by atoms with E-state index < -0.39 is 0 Å². The molecule has 0 bridgehead atoms. The number of aromatic nitrogens is 2. The maximum atomic E-state index is 12.8. The van der Waals surface area contributed by atoms with Crippen molar-refractivity contribution in [3.05, 3.63) is 53.6 Å². The number of nitrogens with zero attached hydrogens (tertiary/aromatic N) is 3. The molecular formula is C15H18FN3O. The van der Waals surface area contributed by atoms with Crippen LogP contribution in [0.2, 0.25) is 0 Å². The number of hydrogen-bond acceptors (Lipinski definition) is 3. The van der Waals surface area contributed by atoms with Gasteiger partial charge in [-0.1, -0.05) is 0 Å². The topological polar surface area (TPSA) is 38.1 Å². The van der Waals surface area contributed by atoms with Crippen LogP contribution in [0.4, 0.5) is 4.39 Å². The summed E-state index contributed by atoms with van der Waals surface area (Å²) in [5.41, 5.74) is 1.67. The second-order valence-corrected chi connectivity index (χ2v) is 4.94. The number of carbonyl (C=O) groups is 1. The fourth-order valence-corrected chi connectivity index (χ4v) is 2.02. The Kier molecular flexibility index (Phi) is 4.63. The van der Waals surface area contributed by atoms with Crippen molar-refractivity contribution in [3.63, 3.8) is 0 Å². The molecule has 5 heteroatoms. The van der Waals surface area contributed by atoms with Crippen molar-refractivity contribution in [3.8, 4) is 0 Å². The Labute approximate surface area is 117 Å². The summed E-state index contributed by atoms with van der Waals surface area (Å²) >= 11 is 0. The van der Waals surface area contributed by atoms with Gasteiger partial charge in [0.15, 0.2) is 5.78 Å². The Hall–Kier alpha value is -2.01. The van der Waals surface area contributed by atoms with Crippen LogP contribution in [0, 0.1) is 5.82 Å². The van der Waals surface area contributed by atoms with E-state index in [0.29, 0.717) is 18.5 Å². The molecule has 0 aliphatic rings. The van der Waals surface area contributed by atoms with Gasteiger partial charge in [0, 0.05) is 43.9 Å². The van der Waals surface area contributed by atoms with Gasteiger partial charge in [-0.2, -0.15) is 5.10 Å². The third kappa shape index (κ3) is 3.99. The van der Waals surface area contributed by atoms with Gasteiger partial charge in [-0.15, -0.1) is 0 Å². The average molecular weight is 275 g/mol. The van der Waals surface area contributed by atoms with E-state index in [1.807, 2.05) is 26.5 Å². The van der Waals surface area contributed by atoms with Crippen LogP contribution in [-0.4, -0.2) is 34.1 Å². The first kappa shape index (κ1) is 14.4. The monoisotopic (exact) mass is 275 g/mol. The first-order valence-electron chi connectivity index (χ1n) is 6.49. The van der Waals surface area contributed by atoms with Gasteiger partial charge in [-0.25, -0.2) is 4.39 Å². The van der Waals surface area contributed by atoms with Gasteiger partial charge in [0.2, 0.25) is 0 Å². The lowest BCUT2D eigenvalue weighted by molar-refractivity contribution is 0.0968. The summed E-state index contributed by atoms with van der Waals surface area (Å²) in [4.78, 5) is 14.0. The molecule has 0 spiro atoms. The van der Waals surface area contributed by atoms with Crippen LogP contribution < -0.4 is 0 Å². The molecule has 4 nitrogen and oxygen atoms in total. The van der Waals surface area contributed by atoms with E-state index in [1.54, 1.807) is 4.68 Å². The summed E-state index contributed by atoms with van der Waals surface area (Å²) in [6.45, 7) is 1.41. The fourth-order valence-electron chi connectivity index (χ4n) is 2.02. The summed E-state index contributed by atoms with van der Waals surface area (Å²) in [6.07, 6.45) is 4.19. The Bertz CT molecular complexity index is 577. The zero-order valence-electron chi connectivity index (χ0n) is 11.7. The molecule has 1 heterocycles. The summed E-state index contributed by atoms with van der Waals surface area (Å²) in [7, 11) is 3.84. The summed E-state index contributed by atoms with van der Waals surface area (Å²) < 4.78 is 14.5. The Morgan fingerprint density at radius 2 is 2.05 bits per heavy atom. The quantitative estimate of drug-likeness (QED) is 0.759. The lowest BCUT2D eigenvalue weighted by Crippen LogP contribution is -2.21. The Morgan fingerprint density at radius 3 is 2.65 bits per heavy atom. The second kappa shape index (κ2) is 6.43. The molecule has 0 aliphatic carbocycles. The highest BCUT2D eigenvalue weighted by Crippen LogP contribution is 2.07. The molecule has 1 aromatic carbocycles. The maximum Gasteiger partial charge on any atom is 0.164 e. The van der Waals surface area contributed by atoms with Crippen LogP contribution in [-0.2, 0) is 13.6 Å². The van der Waals surface area contributed by atoms with E-state index in [9.17, 15) is 9.18 Å². The Morgan fingerprint density at radius 1 is 1.35 bits per heavy atom. The molecule has 0 N–H and O–H groups in total. The van der Waals surface area contributed by atoms with Gasteiger partial charge in [0.25, 0.3) is 0 Å². The predicted molar refractivity (Wildman–Crippen MR) is 74.9 cm³/mol. The number of rotatable bonds is 6. The average Bonchev–Trinajstić information content (AvgIpc) is 2.82. The minimum atomic E-state index is -0.324. The molecule has 106 valence electrons. The van der Waals surface area contributed by atoms with Crippen molar-refractivity contribution in [1.82, 2.24) is 14.7 Å². The van der Waals surface area contributed by atoms with Gasteiger partial charge in [-0.3, -0.25) is 9.48 Å². The predicted octanol–water partition coefficient (Wildman–Crippen LogP) is 2.26. The molecule has 0 saturated heterocycles. The molecular weight excluding hydrogens is 257 g/mol. The summed E-state index contributed by atoms with van der Waals surface area (Å²) in [5, 5.41) is 4.11. The van der Waals surface area contributed by atoms with Crippen molar-refractivity contribution >= 4 is 5.78 Å². The van der Waals surface area contributed by atoms with Crippen molar-refractivity contribution in [2.24, 2.45) is 7.05 Å². The molecule has 0 unspecified atom stereocenters. The molecule has 0 saturated carbocycles. The number of Topliss-reactive ketones (excluding diaryl/α,β-unsaturated/α-hetero) is 1. The molecule has 2 aromatic rings. The third-order valence-corrected chi connectivity index (χ3v) is 3.10. The lowest BCUT2D eigenvalue weighted by atomic mass is 10.1. The molecule has 0 radical (unpaired) electrons. The van der Waals surface area contributed by atoms with E-state index in [2.05, 4.69) is 10.00 Å². The van der Waals surface area contributed by atoms with Gasteiger partial charge < -0.3 is 4.90 Å². The SMILES string of the molecule is CN(CCC(=O)c1ccc(F)cc1)Cc1cnn(C)c1. The number of ketones is 1. The number of hydrogen-bond donors (Lipinski definition) is 0. The minimum absolute atomic E-state index is 0.0306. The molecule has 20 heavy (non-hydrogen) atoms. The van der Waals surface area contributed by atoms with Crippen molar-refractivity contribution < 1.29 is 9.18 Å². The van der Waals surface area contributed by atoms with Crippen molar-refractivity contribution in [2.45, 2.75) is 13.0 Å². The van der Waals surface area contributed by atoms with Crippen LogP contribution in [0.5, 0.6) is 0 Å². The number of aryl methyl sites for hydroxylation is 1. The smallest absolute Gasteiger partial charge is 0.164 e. The number of carbonyl (C=O) groups excluding carboxylic acids is 1. The van der Waals surface area contributed by atoms with E-state index in [4.69, 9.17) is 0 Å². The standard InChI is InChI=1S/C15H18FN3O/c1-18(10-12-9-17-19(2)11-12)8-7-15(20)13-3-5-14(16)6-4-13/h3-6,9,11H,7-8,10H2,1-2H3. The highest BCUT2D eigenvalue weighted by molar-refractivity contribution is 5.96. The van der Waals surface area contributed by atoms with E-state index in [0.717, 1.165) is 12.1 Å². The van der Waals surface area contributed by atoms with Crippen LogP contribution in [0.25, 0.3) is 0 Å². The fraction of sp³-hybridized carbons (Fsp3) is 0.333. The number of benzene rings is 1. The van der Waals surface area contributed by atoms with Gasteiger partial charge in [0.1, 0.15) is 5.82 Å². The van der Waals surface area contributed by atoms with E-state index in [-0.39, 0.29) is 11.6 Å². The molecule has 0 amide bonds. The summed E-state index contributed by atoms with van der Waals surface area (Å²) in [6, 6.07) is 5.68. The third-order valence-electron chi connectivity index (χ3n) is 3.10. The van der Waals surface area contributed by atoms with Gasteiger partial charge >= 0.3 is 0 Å². The Balaban J connectivity index is 1.82. The first-order valence-corrected chi connectivity index (χ1v) is 6.49. The van der Waals surface area contributed by atoms with Crippen LogP contribution >= 0.6 is 0 Å².